The highest BCUT2D eigenvalue weighted by molar-refractivity contribution is 5.90. The molecule has 2 aromatic rings. The van der Waals surface area contributed by atoms with Crippen LogP contribution < -0.4 is 20.1 Å². The summed E-state index contributed by atoms with van der Waals surface area (Å²) in [6.07, 6.45) is -0.517. The number of rotatable bonds is 6. The summed E-state index contributed by atoms with van der Waals surface area (Å²) >= 11 is 0. The smallest absolute Gasteiger partial charge is 0.225 e. The summed E-state index contributed by atoms with van der Waals surface area (Å²) in [7, 11) is 1.38. The van der Waals surface area contributed by atoms with Crippen LogP contribution in [0.5, 0.6) is 11.5 Å². The van der Waals surface area contributed by atoms with Crippen LogP contribution in [0.25, 0.3) is 0 Å². The van der Waals surface area contributed by atoms with Crippen molar-refractivity contribution >= 4 is 11.6 Å². The second-order valence-electron chi connectivity index (χ2n) is 6.00. The van der Waals surface area contributed by atoms with Crippen molar-refractivity contribution in [3.05, 3.63) is 53.8 Å². The maximum Gasteiger partial charge on any atom is 0.225 e. The average Bonchev–Trinajstić information content (AvgIpc) is 2.64. The van der Waals surface area contributed by atoms with Crippen LogP contribution in [0.15, 0.2) is 42.5 Å². The van der Waals surface area contributed by atoms with Crippen LogP contribution in [-0.2, 0) is 4.79 Å². The molecular formula is C19H21FN2O4. The molecule has 2 unspecified atom stereocenters. The fourth-order valence-electron chi connectivity index (χ4n) is 2.85. The highest BCUT2D eigenvalue weighted by atomic mass is 19.1. The number of carbonyl (C=O) groups excluding carboxylic acids is 1. The first-order valence-corrected chi connectivity index (χ1v) is 8.35. The fraction of sp³-hybridized carbons (Fsp3) is 0.316. The predicted molar refractivity (Wildman–Crippen MR) is 94.9 cm³/mol. The highest BCUT2D eigenvalue weighted by Crippen LogP contribution is 2.31. The Labute approximate surface area is 150 Å². The molecule has 0 saturated carbocycles. The number of fused-ring (bicyclic) bond motifs is 1. The molecule has 6 nitrogen and oxygen atoms in total. The van der Waals surface area contributed by atoms with Gasteiger partial charge in [0, 0.05) is 30.3 Å². The molecule has 1 aliphatic rings. The van der Waals surface area contributed by atoms with Gasteiger partial charge in [-0.2, -0.15) is 0 Å². The van der Waals surface area contributed by atoms with Crippen molar-refractivity contribution in [1.82, 2.24) is 5.32 Å². The van der Waals surface area contributed by atoms with E-state index >= 15 is 0 Å². The Bertz CT molecular complexity index is 784. The number of aliphatic hydroxyl groups excluding tert-OH is 1. The molecule has 0 aliphatic carbocycles. The number of hydrogen-bond acceptors (Lipinski definition) is 5. The highest BCUT2D eigenvalue weighted by Gasteiger charge is 2.28. The molecule has 3 N–H and O–H groups in total. The van der Waals surface area contributed by atoms with Crippen LogP contribution in [0.2, 0.25) is 0 Å². The first-order valence-electron chi connectivity index (χ1n) is 8.35. The van der Waals surface area contributed by atoms with Gasteiger partial charge in [0.05, 0.1) is 13.2 Å². The van der Waals surface area contributed by atoms with Crippen LogP contribution in [0.4, 0.5) is 10.1 Å². The Kier molecular flexibility index (Phi) is 5.70. The van der Waals surface area contributed by atoms with E-state index < -0.39 is 11.9 Å². The summed E-state index contributed by atoms with van der Waals surface area (Å²) in [6.45, 7) is 0.682. The Hall–Kier alpha value is -2.64. The largest absolute Gasteiger partial charge is 0.494 e. The van der Waals surface area contributed by atoms with Gasteiger partial charge < -0.3 is 25.2 Å². The maximum absolute atomic E-state index is 13.6. The van der Waals surface area contributed by atoms with Gasteiger partial charge in [-0.3, -0.25) is 4.79 Å². The van der Waals surface area contributed by atoms with Crippen LogP contribution in [0.1, 0.15) is 18.1 Å². The van der Waals surface area contributed by atoms with Crippen molar-refractivity contribution < 1.29 is 23.8 Å². The SMILES string of the molecule is COc1ccc(NC(=O)CCNC2COc3ccccc3C2O)cc1F. The van der Waals surface area contributed by atoms with E-state index in [0.717, 1.165) is 5.56 Å². The van der Waals surface area contributed by atoms with E-state index in [1.807, 2.05) is 24.3 Å². The molecule has 7 heteroatoms. The Balaban J connectivity index is 1.48. The third kappa shape index (κ3) is 4.12. The summed E-state index contributed by atoms with van der Waals surface area (Å²) in [6, 6.07) is 11.3. The summed E-state index contributed by atoms with van der Waals surface area (Å²) in [5, 5.41) is 16.2. The zero-order valence-corrected chi connectivity index (χ0v) is 14.4. The minimum Gasteiger partial charge on any atom is -0.494 e. The molecule has 0 saturated heterocycles. The van der Waals surface area contributed by atoms with E-state index in [2.05, 4.69) is 10.6 Å². The molecule has 1 amide bonds. The molecule has 0 spiro atoms. The van der Waals surface area contributed by atoms with E-state index in [9.17, 15) is 14.3 Å². The van der Waals surface area contributed by atoms with Gasteiger partial charge in [-0.1, -0.05) is 18.2 Å². The topological polar surface area (TPSA) is 79.8 Å². The van der Waals surface area contributed by atoms with Crippen molar-refractivity contribution in [2.75, 3.05) is 25.6 Å². The number of nitrogens with one attached hydrogen (secondary N) is 2. The van der Waals surface area contributed by atoms with E-state index in [-0.39, 0.29) is 24.1 Å². The van der Waals surface area contributed by atoms with Crippen LogP contribution in [-0.4, -0.2) is 37.3 Å². The van der Waals surface area contributed by atoms with Crippen LogP contribution in [0.3, 0.4) is 0 Å². The predicted octanol–water partition coefficient (Wildman–Crippen LogP) is 2.25. The Morgan fingerprint density at radius 1 is 1.35 bits per heavy atom. The molecule has 26 heavy (non-hydrogen) atoms. The van der Waals surface area contributed by atoms with Gasteiger partial charge in [0.25, 0.3) is 0 Å². The molecule has 1 aliphatic heterocycles. The molecule has 2 aromatic carbocycles. The summed E-state index contributed by atoms with van der Waals surface area (Å²) < 4.78 is 24.1. The van der Waals surface area contributed by atoms with Gasteiger partial charge in [0.1, 0.15) is 18.5 Å². The van der Waals surface area contributed by atoms with Gasteiger partial charge in [0.2, 0.25) is 5.91 Å². The molecule has 1 heterocycles. The summed E-state index contributed by atoms with van der Waals surface area (Å²) in [5.74, 6) is 0.00631. The van der Waals surface area contributed by atoms with Crippen molar-refractivity contribution in [2.45, 2.75) is 18.6 Å². The summed E-state index contributed by atoms with van der Waals surface area (Å²) in [4.78, 5) is 12.0. The number of para-hydroxylation sites is 1. The number of methoxy groups -OCH3 is 1. The number of hydrogen-bond donors (Lipinski definition) is 3. The minimum absolute atomic E-state index is 0.122. The number of carbonyl (C=O) groups is 1. The van der Waals surface area contributed by atoms with Gasteiger partial charge in [-0.15, -0.1) is 0 Å². The molecule has 138 valence electrons. The van der Waals surface area contributed by atoms with Crippen LogP contribution in [0, 0.1) is 5.82 Å². The molecule has 0 bridgehead atoms. The molecule has 0 aromatic heterocycles. The van der Waals surface area contributed by atoms with Gasteiger partial charge in [-0.05, 0) is 18.2 Å². The molecule has 3 rings (SSSR count). The number of aliphatic hydroxyl groups is 1. The number of benzene rings is 2. The van der Waals surface area contributed by atoms with E-state index in [4.69, 9.17) is 9.47 Å². The lowest BCUT2D eigenvalue weighted by molar-refractivity contribution is -0.116. The number of halogens is 1. The van der Waals surface area contributed by atoms with E-state index in [0.29, 0.717) is 24.6 Å². The third-order valence-electron chi connectivity index (χ3n) is 4.23. The third-order valence-corrected chi connectivity index (χ3v) is 4.23. The lowest BCUT2D eigenvalue weighted by atomic mass is 9.99. The van der Waals surface area contributed by atoms with Crippen LogP contribution >= 0.6 is 0 Å². The van der Waals surface area contributed by atoms with Crippen molar-refractivity contribution in [3.8, 4) is 11.5 Å². The number of ether oxygens (including phenoxy) is 2. The zero-order chi connectivity index (χ0) is 18.5. The first-order chi connectivity index (χ1) is 12.6. The van der Waals surface area contributed by atoms with Crippen molar-refractivity contribution in [2.24, 2.45) is 0 Å². The van der Waals surface area contributed by atoms with Crippen molar-refractivity contribution in [1.29, 1.82) is 0 Å². The number of anilines is 1. The average molecular weight is 360 g/mol. The molecule has 2 atom stereocenters. The Morgan fingerprint density at radius 3 is 2.92 bits per heavy atom. The monoisotopic (exact) mass is 360 g/mol. The standard InChI is InChI=1S/C19H21FN2O4/c1-25-17-7-6-12(10-14(17)20)22-18(23)8-9-21-15-11-26-16-5-3-2-4-13(16)19(15)24/h2-7,10,15,19,21,24H,8-9,11H2,1H3,(H,22,23). The van der Waals surface area contributed by atoms with Gasteiger partial charge in [-0.25, -0.2) is 4.39 Å². The second-order valence-corrected chi connectivity index (χ2v) is 6.00. The lowest BCUT2D eigenvalue weighted by Crippen LogP contribution is -2.43. The molecule has 0 radical (unpaired) electrons. The number of amides is 1. The summed E-state index contributed by atoms with van der Waals surface area (Å²) in [5.41, 5.74) is 1.10. The van der Waals surface area contributed by atoms with Crippen molar-refractivity contribution in [3.63, 3.8) is 0 Å². The van der Waals surface area contributed by atoms with E-state index in [1.54, 1.807) is 6.07 Å². The second kappa shape index (κ2) is 8.16. The molecular weight excluding hydrogens is 339 g/mol. The maximum atomic E-state index is 13.6. The van der Waals surface area contributed by atoms with Gasteiger partial charge >= 0.3 is 0 Å². The van der Waals surface area contributed by atoms with Gasteiger partial charge in [0.15, 0.2) is 11.6 Å². The Morgan fingerprint density at radius 2 is 2.15 bits per heavy atom. The van der Waals surface area contributed by atoms with E-state index in [1.165, 1.54) is 19.2 Å². The lowest BCUT2D eigenvalue weighted by Gasteiger charge is -2.30. The fourth-order valence-corrected chi connectivity index (χ4v) is 2.85. The minimum atomic E-state index is -0.696. The first kappa shape index (κ1) is 18.2. The zero-order valence-electron chi connectivity index (χ0n) is 14.4. The quantitative estimate of drug-likeness (QED) is 0.736. The molecule has 0 fully saturated rings. The normalized spacial score (nSPS) is 18.6.